The van der Waals surface area contributed by atoms with E-state index in [-0.39, 0.29) is 0 Å². The molecule has 0 spiro atoms. The lowest BCUT2D eigenvalue weighted by atomic mass is 10.2. The lowest BCUT2D eigenvalue weighted by molar-refractivity contribution is -1.02. The first-order valence-electron chi connectivity index (χ1n) is 7.39. The Kier molecular flexibility index (Phi) is 11.3. The molecule has 16 heavy (non-hydrogen) atoms. The predicted octanol–water partition coefficient (Wildman–Crippen LogP) is 2.51. The van der Waals surface area contributed by atoms with Gasteiger partial charge in [-0.25, -0.2) is 0 Å². The number of rotatable bonds is 11. The molecule has 0 aromatic rings. The van der Waals surface area contributed by atoms with E-state index in [1.807, 2.05) is 0 Å². The second-order valence-corrected chi connectivity index (χ2v) is 4.65. The summed E-state index contributed by atoms with van der Waals surface area (Å²) >= 11 is 0. The average molecular weight is 229 g/mol. The summed E-state index contributed by atoms with van der Waals surface area (Å²) in [7, 11) is 0. The summed E-state index contributed by atoms with van der Waals surface area (Å²) < 4.78 is 0. The van der Waals surface area contributed by atoms with Crippen LogP contribution in [0.3, 0.4) is 0 Å². The molecule has 0 unspecified atom stereocenters. The zero-order valence-corrected chi connectivity index (χ0v) is 12.0. The Hall–Kier alpha value is -0.0800. The highest BCUT2D eigenvalue weighted by atomic mass is 15.6. The van der Waals surface area contributed by atoms with Crippen molar-refractivity contribution in [1.29, 1.82) is 0 Å². The molecule has 1 N–H and O–H groups in total. The maximum Gasteiger partial charge on any atom is 0.0947 e. The van der Waals surface area contributed by atoms with Gasteiger partial charge in [-0.05, 0) is 39.5 Å². The standard InChI is InChI=1S/C14H32N2/c1-5-9-11-13-16(14-12-10-6-2)15(7-3)8-4/h5-14H2,1-4H3/p+1. The van der Waals surface area contributed by atoms with Crippen LogP contribution >= 0.6 is 0 Å². The average Bonchev–Trinajstić information content (AvgIpc) is 2.30. The van der Waals surface area contributed by atoms with Crippen molar-refractivity contribution < 1.29 is 5.01 Å². The molecular formula is C14H33N2+. The van der Waals surface area contributed by atoms with Crippen molar-refractivity contribution in [3.05, 3.63) is 0 Å². The first kappa shape index (κ1) is 15.9. The molecule has 0 atom stereocenters. The number of hydrogen-bond donors (Lipinski definition) is 1. The van der Waals surface area contributed by atoms with Crippen molar-refractivity contribution in [2.75, 3.05) is 26.2 Å². The van der Waals surface area contributed by atoms with E-state index in [9.17, 15) is 0 Å². The van der Waals surface area contributed by atoms with Crippen molar-refractivity contribution in [1.82, 2.24) is 5.01 Å². The van der Waals surface area contributed by atoms with Gasteiger partial charge in [0.2, 0.25) is 0 Å². The summed E-state index contributed by atoms with van der Waals surface area (Å²) in [5.41, 5.74) is 0. The van der Waals surface area contributed by atoms with Gasteiger partial charge in [-0.15, -0.1) is 0 Å². The number of nitrogens with zero attached hydrogens (tertiary/aromatic N) is 1. The topological polar surface area (TPSA) is 7.68 Å². The van der Waals surface area contributed by atoms with E-state index >= 15 is 0 Å². The maximum absolute atomic E-state index is 2.57. The molecule has 98 valence electrons. The van der Waals surface area contributed by atoms with Crippen LogP contribution in [0.2, 0.25) is 0 Å². The predicted molar refractivity (Wildman–Crippen MR) is 72.7 cm³/mol. The molecule has 0 aliphatic heterocycles. The van der Waals surface area contributed by atoms with Gasteiger partial charge in [0.05, 0.1) is 13.1 Å². The Morgan fingerprint density at radius 2 is 1.12 bits per heavy atom. The fraction of sp³-hybridized carbons (Fsp3) is 1.00. The summed E-state index contributed by atoms with van der Waals surface area (Å²) in [5.74, 6) is 0. The molecule has 0 aliphatic rings. The highest BCUT2D eigenvalue weighted by Gasteiger charge is 2.14. The van der Waals surface area contributed by atoms with Crippen molar-refractivity contribution >= 4 is 0 Å². The molecule has 0 aromatic carbocycles. The summed E-state index contributed by atoms with van der Waals surface area (Å²) in [4.78, 5) is 0. The molecule has 0 fully saturated rings. The fourth-order valence-electron chi connectivity index (χ4n) is 2.27. The molecule has 0 saturated carbocycles. The highest BCUT2D eigenvalue weighted by molar-refractivity contribution is 4.40. The quantitative estimate of drug-likeness (QED) is 0.422. The van der Waals surface area contributed by atoms with Crippen molar-refractivity contribution in [3.8, 4) is 0 Å². The van der Waals surface area contributed by atoms with Gasteiger partial charge in [0.15, 0.2) is 0 Å². The van der Waals surface area contributed by atoms with Crippen molar-refractivity contribution in [2.24, 2.45) is 0 Å². The number of nitrogens with one attached hydrogen (secondary N) is 1. The van der Waals surface area contributed by atoms with E-state index in [2.05, 4.69) is 32.7 Å². The first-order chi connectivity index (χ1) is 7.79. The van der Waals surface area contributed by atoms with Gasteiger partial charge in [0.1, 0.15) is 0 Å². The zero-order chi connectivity index (χ0) is 12.2. The Balaban J connectivity index is 3.93. The minimum atomic E-state index is 1.18. The van der Waals surface area contributed by atoms with Crippen LogP contribution in [0.25, 0.3) is 0 Å². The second-order valence-electron chi connectivity index (χ2n) is 4.65. The van der Waals surface area contributed by atoms with E-state index in [4.69, 9.17) is 0 Å². The van der Waals surface area contributed by atoms with Crippen LogP contribution in [0.1, 0.15) is 66.2 Å². The molecule has 0 radical (unpaired) electrons. The van der Waals surface area contributed by atoms with E-state index in [0.717, 1.165) is 0 Å². The molecule has 2 nitrogen and oxygen atoms in total. The van der Waals surface area contributed by atoms with E-state index in [1.165, 1.54) is 64.7 Å². The SMILES string of the molecule is CCCCC[NH+](CCCCC)N(CC)CC. The maximum atomic E-state index is 2.57. The van der Waals surface area contributed by atoms with Gasteiger partial charge in [-0.1, -0.05) is 26.7 Å². The van der Waals surface area contributed by atoms with Crippen LogP contribution < -0.4 is 5.01 Å². The fourth-order valence-corrected chi connectivity index (χ4v) is 2.27. The number of hydrogen-bond acceptors (Lipinski definition) is 1. The lowest BCUT2D eigenvalue weighted by Gasteiger charge is -2.29. The van der Waals surface area contributed by atoms with Crippen LogP contribution in [0.5, 0.6) is 0 Å². The molecule has 0 aromatic heterocycles. The lowest BCUT2D eigenvalue weighted by Crippen LogP contribution is -3.18. The Labute approximate surface area is 103 Å². The Morgan fingerprint density at radius 3 is 1.44 bits per heavy atom. The van der Waals surface area contributed by atoms with E-state index in [0.29, 0.717) is 0 Å². The first-order valence-corrected chi connectivity index (χ1v) is 7.39. The van der Waals surface area contributed by atoms with Crippen molar-refractivity contribution in [3.63, 3.8) is 0 Å². The molecule has 0 heterocycles. The summed E-state index contributed by atoms with van der Waals surface area (Å²) in [6.07, 6.45) is 8.21. The van der Waals surface area contributed by atoms with E-state index in [1.54, 1.807) is 5.01 Å². The molecule has 2 heteroatoms. The van der Waals surface area contributed by atoms with Gasteiger partial charge in [-0.2, -0.15) is 5.01 Å². The second kappa shape index (κ2) is 11.4. The van der Waals surface area contributed by atoms with Gasteiger partial charge in [0, 0.05) is 13.1 Å². The van der Waals surface area contributed by atoms with Gasteiger partial charge < -0.3 is 0 Å². The molecule has 0 aliphatic carbocycles. The third-order valence-corrected chi connectivity index (χ3v) is 3.35. The van der Waals surface area contributed by atoms with E-state index < -0.39 is 0 Å². The molecule has 0 amide bonds. The molecule has 0 bridgehead atoms. The minimum Gasteiger partial charge on any atom is -0.255 e. The zero-order valence-electron chi connectivity index (χ0n) is 12.0. The van der Waals surface area contributed by atoms with Crippen LogP contribution in [-0.4, -0.2) is 31.2 Å². The third-order valence-electron chi connectivity index (χ3n) is 3.35. The van der Waals surface area contributed by atoms with Crippen LogP contribution in [-0.2, 0) is 0 Å². The van der Waals surface area contributed by atoms with Gasteiger partial charge in [-0.3, -0.25) is 5.01 Å². The molecule has 0 saturated heterocycles. The van der Waals surface area contributed by atoms with Crippen LogP contribution in [0.4, 0.5) is 0 Å². The highest BCUT2D eigenvalue weighted by Crippen LogP contribution is 1.93. The Morgan fingerprint density at radius 1 is 0.688 bits per heavy atom. The smallest absolute Gasteiger partial charge is 0.0947 e. The minimum absolute atomic E-state index is 1.18. The molecular weight excluding hydrogens is 196 g/mol. The number of quaternary nitrogens is 1. The monoisotopic (exact) mass is 229 g/mol. The summed E-state index contributed by atoms with van der Waals surface area (Å²) in [6.45, 7) is 14.2. The van der Waals surface area contributed by atoms with Crippen molar-refractivity contribution in [2.45, 2.75) is 66.2 Å². The van der Waals surface area contributed by atoms with Crippen LogP contribution in [0, 0.1) is 0 Å². The van der Waals surface area contributed by atoms with Gasteiger partial charge in [0.25, 0.3) is 0 Å². The number of unbranched alkanes of at least 4 members (excludes halogenated alkanes) is 4. The largest absolute Gasteiger partial charge is 0.255 e. The summed E-state index contributed by atoms with van der Waals surface area (Å²) in [6, 6.07) is 0. The Bertz CT molecular complexity index is 123. The third kappa shape index (κ3) is 7.24. The van der Waals surface area contributed by atoms with Gasteiger partial charge >= 0.3 is 0 Å². The normalized spacial score (nSPS) is 11.6. The summed E-state index contributed by atoms with van der Waals surface area (Å²) in [5, 5.41) is 4.29. The van der Waals surface area contributed by atoms with Crippen LogP contribution in [0.15, 0.2) is 0 Å². The molecule has 0 rings (SSSR count).